The minimum absolute atomic E-state index is 0.0186. The number of carbonyl (C=O) groups is 1. The highest BCUT2D eigenvalue weighted by Gasteiger charge is 2.40. The van der Waals surface area contributed by atoms with Gasteiger partial charge in [0.05, 0.1) is 7.11 Å². The van der Waals surface area contributed by atoms with Crippen LogP contribution in [0.4, 0.5) is 0 Å². The molecule has 2 atom stereocenters. The van der Waals surface area contributed by atoms with E-state index < -0.39 is 0 Å². The van der Waals surface area contributed by atoms with Crippen LogP contribution in [0.2, 0.25) is 0 Å². The summed E-state index contributed by atoms with van der Waals surface area (Å²) in [6.07, 6.45) is 1.09. The van der Waals surface area contributed by atoms with E-state index in [1.807, 2.05) is 4.90 Å². The van der Waals surface area contributed by atoms with Crippen molar-refractivity contribution in [3.8, 4) is 5.88 Å². The molecule has 3 heterocycles. The maximum absolute atomic E-state index is 12.4. The van der Waals surface area contributed by atoms with Crippen molar-refractivity contribution in [2.24, 2.45) is 13.0 Å². The number of likely N-dealkylation sites (tertiary alicyclic amines) is 1. The van der Waals surface area contributed by atoms with E-state index in [-0.39, 0.29) is 5.91 Å². The number of carbonyl (C=O) groups excluding carboxylic acids is 1. The van der Waals surface area contributed by atoms with Gasteiger partial charge in [-0.3, -0.25) is 4.79 Å². The molecule has 2 saturated heterocycles. The van der Waals surface area contributed by atoms with E-state index in [0.717, 1.165) is 26.1 Å². The molecule has 0 aliphatic carbocycles. The maximum Gasteiger partial charge on any atom is 0.274 e. The number of hydrogen-bond acceptors (Lipinski definition) is 4. The van der Waals surface area contributed by atoms with E-state index in [9.17, 15) is 4.79 Å². The quantitative estimate of drug-likeness (QED) is 0.794. The van der Waals surface area contributed by atoms with E-state index in [4.69, 9.17) is 4.74 Å². The van der Waals surface area contributed by atoms with Gasteiger partial charge in [-0.05, 0) is 12.3 Å². The Morgan fingerprint density at radius 3 is 3.11 bits per heavy atom. The standard InChI is InChI=1S/C12H18N4O2/c1-15-11(18-2)5-9(14-15)12(17)16-4-3-8-6-13-7-10(8)16/h5,8,10,13H,3-4,6-7H2,1-2H3/t8-,10+/m0/s1. The topological polar surface area (TPSA) is 59.4 Å². The zero-order chi connectivity index (χ0) is 12.7. The molecule has 6 nitrogen and oxygen atoms in total. The van der Waals surface area contributed by atoms with E-state index in [1.54, 1.807) is 24.9 Å². The second-order valence-electron chi connectivity index (χ2n) is 4.97. The smallest absolute Gasteiger partial charge is 0.274 e. The average Bonchev–Trinajstić information content (AvgIpc) is 3.01. The number of amides is 1. The Bertz CT molecular complexity index is 471. The number of ether oxygens (including phenoxy) is 1. The summed E-state index contributed by atoms with van der Waals surface area (Å²) in [5.74, 6) is 1.24. The first-order chi connectivity index (χ1) is 8.70. The fourth-order valence-corrected chi connectivity index (χ4v) is 2.99. The van der Waals surface area contributed by atoms with Gasteiger partial charge >= 0.3 is 0 Å². The van der Waals surface area contributed by atoms with Crippen molar-refractivity contribution >= 4 is 5.91 Å². The minimum atomic E-state index is 0.0186. The molecule has 0 saturated carbocycles. The molecule has 1 amide bonds. The Morgan fingerprint density at radius 2 is 2.39 bits per heavy atom. The lowest BCUT2D eigenvalue weighted by Gasteiger charge is -2.22. The molecule has 98 valence electrons. The SMILES string of the molecule is COc1cc(C(=O)N2CC[C@H]3CNC[C@H]32)nn1C. The number of rotatable bonds is 2. The number of nitrogens with one attached hydrogen (secondary N) is 1. The van der Waals surface area contributed by atoms with Crippen LogP contribution in [0.3, 0.4) is 0 Å². The summed E-state index contributed by atoms with van der Waals surface area (Å²) in [6, 6.07) is 2.04. The molecule has 0 bridgehead atoms. The summed E-state index contributed by atoms with van der Waals surface area (Å²) in [7, 11) is 3.36. The molecule has 3 rings (SSSR count). The van der Waals surface area contributed by atoms with Crippen molar-refractivity contribution in [1.29, 1.82) is 0 Å². The van der Waals surface area contributed by atoms with Gasteiger partial charge in [-0.2, -0.15) is 5.10 Å². The first-order valence-corrected chi connectivity index (χ1v) is 6.30. The summed E-state index contributed by atoms with van der Waals surface area (Å²) in [4.78, 5) is 14.4. The van der Waals surface area contributed by atoms with E-state index >= 15 is 0 Å². The molecule has 2 fully saturated rings. The Labute approximate surface area is 106 Å². The lowest BCUT2D eigenvalue weighted by atomic mass is 10.1. The molecule has 6 heteroatoms. The second-order valence-corrected chi connectivity index (χ2v) is 4.97. The summed E-state index contributed by atoms with van der Waals surface area (Å²) in [6.45, 7) is 2.77. The molecule has 0 radical (unpaired) electrons. The van der Waals surface area contributed by atoms with Crippen LogP contribution >= 0.6 is 0 Å². The third-order valence-corrected chi connectivity index (χ3v) is 3.97. The Kier molecular flexibility index (Phi) is 2.74. The van der Waals surface area contributed by atoms with Gasteiger partial charge in [0, 0.05) is 38.8 Å². The zero-order valence-corrected chi connectivity index (χ0v) is 10.7. The molecular weight excluding hydrogens is 232 g/mol. The van der Waals surface area contributed by atoms with Crippen LogP contribution in [-0.2, 0) is 7.05 Å². The zero-order valence-electron chi connectivity index (χ0n) is 10.7. The molecule has 0 spiro atoms. The van der Waals surface area contributed by atoms with Crippen LogP contribution in [0.25, 0.3) is 0 Å². The fourth-order valence-electron chi connectivity index (χ4n) is 2.99. The molecule has 18 heavy (non-hydrogen) atoms. The van der Waals surface area contributed by atoms with E-state index in [0.29, 0.717) is 23.5 Å². The van der Waals surface area contributed by atoms with Gasteiger partial charge in [-0.15, -0.1) is 0 Å². The predicted octanol–water partition coefficient (Wildman–Crippen LogP) is -0.137. The number of fused-ring (bicyclic) bond motifs is 1. The average molecular weight is 250 g/mol. The molecule has 1 aromatic heterocycles. The van der Waals surface area contributed by atoms with Crippen molar-refractivity contribution in [2.45, 2.75) is 12.5 Å². The van der Waals surface area contributed by atoms with Crippen molar-refractivity contribution in [2.75, 3.05) is 26.7 Å². The minimum Gasteiger partial charge on any atom is -0.481 e. The number of aromatic nitrogens is 2. The van der Waals surface area contributed by atoms with Crippen molar-refractivity contribution in [3.05, 3.63) is 11.8 Å². The van der Waals surface area contributed by atoms with Crippen molar-refractivity contribution < 1.29 is 9.53 Å². The lowest BCUT2D eigenvalue weighted by molar-refractivity contribution is 0.0730. The molecule has 2 aliphatic heterocycles. The Hall–Kier alpha value is -1.56. The number of nitrogens with zero attached hydrogens (tertiary/aromatic N) is 3. The molecule has 0 aromatic carbocycles. The van der Waals surface area contributed by atoms with Crippen LogP contribution in [0, 0.1) is 5.92 Å². The van der Waals surface area contributed by atoms with Gasteiger partial charge in [0.25, 0.3) is 5.91 Å². The van der Waals surface area contributed by atoms with Crippen LogP contribution < -0.4 is 10.1 Å². The summed E-state index contributed by atoms with van der Waals surface area (Å²) in [5, 5.41) is 7.56. The highest BCUT2D eigenvalue weighted by Crippen LogP contribution is 2.28. The lowest BCUT2D eigenvalue weighted by Crippen LogP contribution is -2.39. The molecule has 0 unspecified atom stereocenters. The van der Waals surface area contributed by atoms with Crippen LogP contribution in [0.5, 0.6) is 5.88 Å². The fraction of sp³-hybridized carbons (Fsp3) is 0.667. The normalized spacial score (nSPS) is 26.4. The van der Waals surface area contributed by atoms with Gasteiger partial charge in [0.15, 0.2) is 5.69 Å². The van der Waals surface area contributed by atoms with Crippen molar-refractivity contribution in [3.63, 3.8) is 0 Å². The highest BCUT2D eigenvalue weighted by atomic mass is 16.5. The largest absolute Gasteiger partial charge is 0.481 e. The number of methoxy groups -OCH3 is 1. The Morgan fingerprint density at radius 1 is 1.56 bits per heavy atom. The first kappa shape index (κ1) is 11.5. The van der Waals surface area contributed by atoms with Gasteiger partial charge in [-0.1, -0.05) is 0 Å². The number of hydrogen-bond donors (Lipinski definition) is 1. The molecule has 2 aliphatic rings. The van der Waals surface area contributed by atoms with Crippen LogP contribution in [0.15, 0.2) is 6.07 Å². The second kappa shape index (κ2) is 4.28. The van der Waals surface area contributed by atoms with Gasteiger partial charge in [0.1, 0.15) is 0 Å². The summed E-state index contributed by atoms with van der Waals surface area (Å²) in [5.41, 5.74) is 0.474. The van der Waals surface area contributed by atoms with Crippen LogP contribution in [0.1, 0.15) is 16.9 Å². The summed E-state index contributed by atoms with van der Waals surface area (Å²) >= 11 is 0. The van der Waals surface area contributed by atoms with Gasteiger partial charge in [0.2, 0.25) is 5.88 Å². The maximum atomic E-state index is 12.4. The summed E-state index contributed by atoms with van der Waals surface area (Å²) < 4.78 is 6.73. The highest BCUT2D eigenvalue weighted by molar-refractivity contribution is 5.93. The van der Waals surface area contributed by atoms with Crippen LogP contribution in [-0.4, -0.2) is 53.4 Å². The monoisotopic (exact) mass is 250 g/mol. The van der Waals surface area contributed by atoms with Gasteiger partial charge < -0.3 is 15.0 Å². The number of aryl methyl sites for hydroxylation is 1. The Balaban J connectivity index is 1.81. The van der Waals surface area contributed by atoms with E-state index in [1.165, 1.54) is 0 Å². The van der Waals surface area contributed by atoms with E-state index in [2.05, 4.69) is 10.4 Å². The van der Waals surface area contributed by atoms with Crippen molar-refractivity contribution in [1.82, 2.24) is 20.0 Å². The molecular formula is C12H18N4O2. The first-order valence-electron chi connectivity index (χ1n) is 6.30. The van der Waals surface area contributed by atoms with Gasteiger partial charge in [-0.25, -0.2) is 4.68 Å². The predicted molar refractivity (Wildman–Crippen MR) is 65.6 cm³/mol. The molecule has 1 aromatic rings. The third kappa shape index (κ3) is 1.68. The third-order valence-electron chi connectivity index (χ3n) is 3.97. The molecule has 1 N–H and O–H groups in total.